The molecule has 0 unspecified atom stereocenters. The molecule has 0 aliphatic rings. The van der Waals surface area contributed by atoms with E-state index >= 15 is 0 Å². The maximum Gasteiger partial charge on any atom is 0.259 e. The van der Waals surface area contributed by atoms with Crippen molar-refractivity contribution in [2.75, 3.05) is 26.0 Å². The highest BCUT2D eigenvalue weighted by molar-refractivity contribution is 6.06. The predicted octanol–water partition coefficient (Wildman–Crippen LogP) is 3.82. The fourth-order valence-electron chi connectivity index (χ4n) is 2.26. The Balaban J connectivity index is 2.08. The Labute approximate surface area is 148 Å². The third-order valence-electron chi connectivity index (χ3n) is 3.68. The number of anilines is 1. The predicted molar refractivity (Wildman–Crippen MR) is 99.3 cm³/mol. The van der Waals surface area contributed by atoms with Gasteiger partial charge in [0.2, 0.25) is 0 Å². The number of para-hydroxylation sites is 1. The van der Waals surface area contributed by atoms with Gasteiger partial charge in [0.1, 0.15) is 5.75 Å². The third-order valence-corrected chi connectivity index (χ3v) is 3.68. The van der Waals surface area contributed by atoms with E-state index in [1.165, 1.54) is 4.90 Å². The van der Waals surface area contributed by atoms with Crippen LogP contribution in [0.5, 0.6) is 5.75 Å². The van der Waals surface area contributed by atoms with Crippen LogP contribution in [0.25, 0.3) is 0 Å². The average molecular weight is 340 g/mol. The van der Waals surface area contributed by atoms with E-state index in [1.807, 2.05) is 6.07 Å². The topological polar surface area (TPSA) is 58.6 Å². The Morgan fingerprint density at radius 3 is 2.36 bits per heavy atom. The van der Waals surface area contributed by atoms with Crippen molar-refractivity contribution in [1.82, 2.24) is 4.90 Å². The molecule has 0 saturated heterocycles. The molecule has 0 radical (unpaired) electrons. The molecule has 1 N–H and O–H groups in total. The molecule has 2 rings (SSSR count). The van der Waals surface area contributed by atoms with E-state index < -0.39 is 0 Å². The second kappa shape index (κ2) is 8.87. The van der Waals surface area contributed by atoms with E-state index in [-0.39, 0.29) is 11.8 Å². The molecule has 0 spiro atoms. The van der Waals surface area contributed by atoms with Gasteiger partial charge in [-0.05, 0) is 42.8 Å². The Morgan fingerprint density at radius 2 is 1.72 bits per heavy atom. The number of amides is 2. The standard InChI is InChI=1S/C20H24N2O3/c1-4-5-14-25-18-9-7-6-8-17(18)19(23)21-16-12-10-15(11-13-16)20(24)22(2)3/h6-13H,4-5,14H2,1-3H3,(H,21,23). The Kier molecular flexibility index (Phi) is 6.57. The number of benzene rings is 2. The van der Waals surface area contributed by atoms with Crippen LogP contribution in [0.4, 0.5) is 5.69 Å². The summed E-state index contributed by atoms with van der Waals surface area (Å²) in [5.74, 6) is 0.263. The minimum atomic E-state index is -0.237. The van der Waals surface area contributed by atoms with Gasteiger partial charge in [0.15, 0.2) is 0 Å². The van der Waals surface area contributed by atoms with Gasteiger partial charge < -0.3 is 15.0 Å². The highest BCUT2D eigenvalue weighted by Crippen LogP contribution is 2.20. The first-order valence-electron chi connectivity index (χ1n) is 8.37. The van der Waals surface area contributed by atoms with Gasteiger partial charge in [0, 0.05) is 25.3 Å². The summed E-state index contributed by atoms with van der Waals surface area (Å²) in [6.07, 6.45) is 1.98. The van der Waals surface area contributed by atoms with Crippen molar-refractivity contribution in [2.24, 2.45) is 0 Å². The van der Waals surface area contributed by atoms with Gasteiger partial charge >= 0.3 is 0 Å². The van der Waals surface area contributed by atoms with Crippen molar-refractivity contribution in [3.8, 4) is 5.75 Å². The van der Waals surface area contributed by atoms with Gasteiger partial charge in [-0.1, -0.05) is 25.5 Å². The number of rotatable bonds is 7. The summed E-state index contributed by atoms with van der Waals surface area (Å²) in [6.45, 7) is 2.68. The average Bonchev–Trinajstić information content (AvgIpc) is 2.62. The van der Waals surface area contributed by atoms with Crippen LogP contribution in [0.1, 0.15) is 40.5 Å². The van der Waals surface area contributed by atoms with Crippen molar-refractivity contribution in [3.63, 3.8) is 0 Å². The molecule has 0 bridgehead atoms. The lowest BCUT2D eigenvalue weighted by atomic mass is 10.1. The van der Waals surface area contributed by atoms with Crippen LogP contribution in [0.15, 0.2) is 48.5 Å². The molecule has 2 aromatic carbocycles. The summed E-state index contributed by atoms with van der Waals surface area (Å²) in [5.41, 5.74) is 1.70. The van der Waals surface area contributed by atoms with Gasteiger partial charge in [-0.3, -0.25) is 9.59 Å². The lowest BCUT2D eigenvalue weighted by Crippen LogP contribution is -2.21. The zero-order chi connectivity index (χ0) is 18.2. The SMILES string of the molecule is CCCCOc1ccccc1C(=O)Nc1ccc(C(=O)N(C)C)cc1. The second-order valence-electron chi connectivity index (χ2n) is 5.93. The van der Waals surface area contributed by atoms with Crippen LogP contribution in [0, 0.1) is 0 Å². The smallest absolute Gasteiger partial charge is 0.259 e. The molecule has 0 aliphatic heterocycles. The first-order chi connectivity index (χ1) is 12.0. The van der Waals surface area contributed by atoms with E-state index in [4.69, 9.17) is 4.74 Å². The Morgan fingerprint density at radius 1 is 1.04 bits per heavy atom. The minimum Gasteiger partial charge on any atom is -0.493 e. The Bertz CT molecular complexity index is 724. The van der Waals surface area contributed by atoms with Gasteiger partial charge in [0.05, 0.1) is 12.2 Å². The monoisotopic (exact) mass is 340 g/mol. The number of unbranched alkanes of at least 4 members (excludes halogenated alkanes) is 1. The molecule has 0 heterocycles. The van der Waals surface area contributed by atoms with E-state index in [0.29, 0.717) is 29.2 Å². The molecular weight excluding hydrogens is 316 g/mol. The molecule has 0 aromatic heterocycles. The maximum atomic E-state index is 12.5. The molecule has 25 heavy (non-hydrogen) atoms. The maximum absolute atomic E-state index is 12.5. The molecule has 5 nitrogen and oxygen atoms in total. The number of carbonyl (C=O) groups is 2. The Hall–Kier alpha value is -2.82. The minimum absolute atomic E-state index is 0.0763. The largest absolute Gasteiger partial charge is 0.493 e. The van der Waals surface area contributed by atoms with Gasteiger partial charge in [-0.2, -0.15) is 0 Å². The molecule has 0 fully saturated rings. The van der Waals surface area contributed by atoms with Crippen molar-refractivity contribution >= 4 is 17.5 Å². The van der Waals surface area contributed by atoms with Crippen LogP contribution < -0.4 is 10.1 Å². The van der Waals surface area contributed by atoms with Crippen LogP contribution in [-0.2, 0) is 0 Å². The first-order valence-corrected chi connectivity index (χ1v) is 8.37. The lowest BCUT2D eigenvalue weighted by Gasteiger charge is -2.12. The van der Waals surface area contributed by atoms with Gasteiger partial charge in [-0.15, -0.1) is 0 Å². The number of nitrogens with one attached hydrogen (secondary N) is 1. The van der Waals surface area contributed by atoms with Crippen LogP contribution in [-0.4, -0.2) is 37.4 Å². The van der Waals surface area contributed by atoms with E-state index in [2.05, 4.69) is 12.2 Å². The van der Waals surface area contributed by atoms with Crippen molar-refractivity contribution in [2.45, 2.75) is 19.8 Å². The zero-order valence-electron chi connectivity index (χ0n) is 14.9. The van der Waals surface area contributed by atoms with Gasteiger partial charge in [0.25, 0.3) is 11.8 Å². The summed E-state index contributed by atoms with van der Waals surface area (Å²) >= 11 is 0. The summed E-state index contributed by atoms with van der Waals surface area (Å²) in [4.78, 5) is 25.9. The molecule has 2 amide bonds. The fourth-order valence-corrected chi connectivity index (χ4v) is 2.26. The molecule has 2 aromatic rings. The summed E-state index contributed by atoms with van der Waals surface area (Å²) in [6, 6.07) is 14.0. The number of hydrogen-bond donors (Lipinski definition) is 1. The van der Waals surface area contributed by atoms with Crippen LogP contribution in [0.2, 0.25) is 0 Å². The van der Waals surface area contributed by atoms with Crippen molar-refractivity contribution in [3.05, 3.63) is 59.7 Å². The molecule has 0 atom stereocenters. The summed E-state index contributed by atoms with van der Waals surface area (Å²) < 4.78 is 5.70. The molecule has 5 heteroatoms. The number of carbonyl (C=O) groups excluding carboxylic acids is 2. The van der Waals surface area contributed by atoms with Crippen LogP contribution in [0.3, 0.4) is 0 Å². The first kappa shape index (κ1) is 18.5. The van der Waals surface area contributed by atoms with Crippen molar-refractivity contribution in [1.29, 1.82) is 0 Å². The van der Waals surface area contributed by atoms with Crippen LogP contribution >= 0.6 is 0 Å². The second-order valence-corrected chi connectivity index (χ2v) is 5.93. The quantitative estimate of drug-likeness (QED) is 0.780. The van der Waals surface area contributed by atoms with E-state index in [1.54, 1.807) is 56.6 Å². The van der Waals surface area contributed by atoms with Crippen molar-refractivity contribution < 1.29 is 14.3 Å². The third kappa shape index (κ3) is 5.08. The van der Waals surface area contributed by atoms with Gasteiger partial charge in [-0.25, -0.2) is 0 Å². The normalized spacial score (nSPS) is 10.2. The summed E-state index contributed by atoms with van der Waals surface area (Å²) in [5, 5.41) is 2.84. The highest BCUT2D eigenvalue weighted by Gasteiger charge is 2.13. The molecule has 0 saturated carbocycles. The van der Waals surface area contributed by atoms with E-state index in [9.17, 15) is 9.59 Å². The lowest BCUT2D eigenvalue weighted by molar-refractivity contribution is 0.0827. The fraction of sp³-hybridized carbons (Fsp3) is 0.300. The zero-order valence-corrected chi connectivity index (χ0v) is 14.9. The molecular formula is C20H24N2O3. The number of ether oxygens (including phenoxy) is 1. The highest BCUT2D eigenvalue weighted by atomic mass is 16.5. The number of hydrogen-bond acceptors (Lipinski definition) is 3. The van der Waals surface area contributed by atoms with E-state index in [0.717, 1.165) is 12.8 Å². The summed E-state index contributed by atoms with van der Waals surface area (Å²) in [7, 11) is 3.40. The molecule has 132 valence electrons. The number of nitrogens with zero attached hydrogens (tertiary/aromatic N) is 1. The molecule has 0 aliphatic carbocycles.